The number of sulfonamides is 1. The van der Waals surface area contributed by atoms with Crippen LogP contribution in [-0.2, 0) is 14.8 Å². The van der Waals surface area contributed by atoms with Gasteiger partial charge in [-0.3, -0.25) is 9.10 Å². The topological polar surface area (TPSA) is 75.7 Å². The summed E-state index contributed by atoms with van der Waals surface area (Å²) in [5, 5.41) is 2.81. The summed E-state index contributed by atoms with van der Waals surface area (Å²) in [7, 11) is -3.61. The van der Waals surface area contributed by atoms with E-state index in [1.54, 1.807) is 6.07 Å². The van der Waals surface area contributed by atoms with Crippen LogP contribution in [0.4, 0.5) is 5.69 Å². The molecule has 0 saturated carbocycles. The molecule has 0 saturated heterocycles. The number of aryl methyl sites for hydroxylation is 3. The number of hydrogen-bond acceptors (Lipinski definition) is 4. The highest BCUT2D eigenvalue weighted by Crippen LogP contribution is 2.23. The number of anilines is 1. The number of carbonyl (C=O) groups excluding carboxylic acids is 1. The number of rotatable bonds is 8. The van der Waals surface area contributed by atoms with Gasteiger partial charge in [0.05, 0.1) is 18.0 Å². The molecule has 0 heterocycles. The second kappa shape index (κ2) is 9.10. The van der Waals surface area contributed by atoms with E-state index in [0.717, 1.165) is 33.0 Å². The molecule has 1 atom stereocenters. The van der Waals surface area contributed by atoms with Gasteiger partial charge in [0.15, 0.2) is 0 Å². The molecule has 0 aliphatic carbocycles. The monoisotopic (exact) mass is 404 g/mol. The van der Waals surface area contributed by atoms with E-state index in [2.05, 4.69) is 5.32 Å². The molecular formula is C21H28N2O4S. The van der Waals surface area contributed by atoms with Crippen molar-refractivity contribution in [1.29, 1.82) is 0 Å². The quantitative estimate of drug-likeness (QED) is 0.734. The lowest BCUT2D eigenvalue weighted by molar-refractivity contribution is -0.120. The molecule has 0 unspecified atom stereocenters. The lowest BCUT2D eigenvalue weighted by Crippen LogP contribution is -2.45. The van der Waals surface area contributed by atoms with Gasteiger partial charge in [0.25, 0.3) is 0 Å². The Balaban J connectivity index is 2.04. The van der Waals surface area contributed by atoms with Gasteiger partial charge in [0, 0.05) is 0 Å². The standard InChI is InChI=1S/C21H28N2O4S/c1-15-10-11-16(2)19(12-15)23(28(5,25)26)13-21(24)22-18(4)14-27-20-9-7-6-8-17(20)3/h6-12,18H,13-14H2,1-5H3,(H,22,24)/t18-/m1/s1. The summed E-state index contributed by atoms with van der Waals surface area (Å²) in [5.41, 5.74) is 3.25. The SMILES string of the molecule is Cc1ccc(C)c(N(CC(=O)N[C@H](C)COc2ccccc2C)S(C)(=O)=O)c1. The fraction of sp³-hybridized carbons (Fsp3) is 0.381. The molecule has 0 spiro atoms. The van der Waals surface area contributed by atoms with Crippen molar-refractivity contribution < 1.29 is 17.9 Å². The largest absolute Gasteiger partial charge is 0.491 e. The summed E-state index contributed by atoms with van der Waals surface area (Å²) in [6, 6.07) is 12.9. The summed E-state index contributed by atoms with van der Waals surface area (Å²) >= 11 is 0. The zero-order valence-electron chi connectivity index (χ0n) is 17.0. The van der Waals surface area contributed by atoms with E-state index in [9.17, 15) is 13.2 Å². The molecule has 0 fully saturated rings. The van der Waals surface area contributed by atoms with Crippen LogP contribution >= 0.6 is 0 Å². The van der Waals surface area contributed by atoms with Gasteiger partial charge in [-0.15, -0.1) is 0 Å². The van der Waals surface area contributed by atoms with Gasteiger partial charge >= 0.3 is 0 Å². The molecule has 152 valence electrons. The summed E-state index contributed by atoms with van der Waals surface area (Å²) < 4.78 is 31.5. The third-order valence-electron chi connectivity index (χ3n) is 4.31. The molecule has 2 rings (SSSR count). The van der Waals surface area contributed by atoms with Gasteiger partial charge in [0.1, 0.15) is 18.9 Å². The van der Waals surface area contributed by atoms with Crippen LogP contribution in [0, 0.1) is 20.8 Å². The van der Waals surface area contributed by atoms with E-state index in [0.29, 0.717) is 12.3 Å². The van der Waals surface area contributed by atoms with Gasteiger partial charge < -0.3 is 10.1 Å². The Morgan fingerprint density at radius 3 is 2.43 bits per heavy atom. The highest BCUT2D eigenvalue weighted by molar-refractivity contribution is 7.92. The van der Waals surface area contributed by atoms with E-state index >= 15 is 0 Å². The van der Waals surface area contributed by atoms with Crippen molar-refractivity contribution in [2.24, 2.45) is 0 Å². The van der Waals surface area contributed by atoms with Gasteiger partial charge in [-0.25, -0.2) is 8.42 Å². The van der Waals surface area contributed by atoms with Crippen molar-refractivity contribution in [2.45, 2.75) is 33.7 Å². The Kier molecular flexibility index (Phi) is 7.07. The summed E-state index contributed by atoms with van der Waals surface area (Å²) in [4.78, 5) is 12.5. The van der Waals surface area contributed by atoms with Crippen molar-refractivity contribution in [3.8, 4) is 5.75 Å². The van der Waals surface area contributed by atoms with Crippen molar-refractivity contribution in [2.75, 3.05) is 23.7 Å². The van der Waals surface area contributed by atoms with Gasteiger partial charge in [-0.05, 0) is 56.5 Å². The minimum atomic E-state index is -3.61. The summed E-state index contributed by atoms with van der Waals surface area (Å²) in [5.74, 6) is 0.379. The van der Waals surface area contributed by atoms with Crippen LogP contribution < -0.4 is 14.4 Å². The molecule has 6 nitrogen and oxygen atoms in total. The molecule has 28 heavy (non-hydrogen) atoms. The Hall–Kier alpha value is -2.54. The van der Waals surface area contributed by atoms with Crippen LogP contribution in [0.2, 0.25) is 0 Å². The van der Waals surface area contributed by atoms with Gasteiger partial charge in [0.2, 0.25) is 15.9 Å². The fourth-order valence-corrected chi connectivity index (χ4v) is 3.70. The number of nitrogens with one attached hydrogen (secondary N) is 1. The molecule has 2 aromatic rings. The molecule has 1 amide bonds. The van der Waals surface area contributed by atoms with Gasteiger partial charge in [-0.1, -0.05) is 30.3 Å². The van der Waals surface area contributed by atoms with Crippen molar-refractivity contribution in [1.82, 2.24) is 5.32 Å². The summed E-state index contributed by atoms with van der Waals surface area (Å²) in [6.07, 6.45) is 1.10. The molecule has 0 aliphatic heterocycles. The lowest BCUT2D eigenvalue weighted by atomic mass is 10.1. The predicted molar refractivity (Wildman–Crippen MR) is 112 cm³/mol. The Labute approximate surface area is 167 Å². The van der Waals surface area contributed by atoms with Crippen LogP contribution in [0.3, 0.4) is 0 Å². The number of para-hydroxylation sites is 1. The van der Waals surface area contributed by atoms with E-state index in [4.69, 9.17) is 4.74 Å². The minimum absolute atomic E-state index is 0.271. The van der Waals surface area contributed by atoms with Crippen LogP contribution in [0.5, 0.6) is 5.75 Å². The zero-order chi connectivity index (χ0) is 20.9. The van der Waals surface area contributed by atoms with E-state index in [-0.39, 0.29) is 18.5 Å². The van der Waals surface area contributed by atoms with Crippen LogP contribution in [0.15, 0.2) is 42.5 Å². The second-order valence-corrected chi connectivity index (χ2v) is 9.01. The van der Waals surface area contributed by atoms with Crippen molar-refractivity contribution >= 4 is 21.6 Å². The van der Waals surface area contributed by atoms with Crippen molar-refractivity contribution in [3.05, 3.63) is 59.2 Å². The van der Waals surface area contributed by atoms with E-state index in [1.807, 2.05) is 64.1 Å². The molecule has 0 aliphatic rings. The van der Waals surface area contributed by atoms with Gasteiger partial charge in [-0.2, -0.15) is 0 Å². The first-order chi connectivity index (χ1) is 13.1. The average molecular weight is 405 g/mol. The predicted octanol–water partition coefficient (Wildman–Crippen LogP) is 2.96. The molecule has 1 N–H and O–H groups in total. The first kappa shape index (κ1) is 21.8. The van der Waals surface area contributed by atoms with Crippen LogP contribution in [-0.4, -0.2) is 39.8 Å². The molecule has 0 radical (unpaired) electrons. The third kappa shape index (κ3) is 5.99. The van der Waals surface area contributed by atoms with Crippen LogP contribution in [0.1, 0.15) is 23.6 Å². The number of benzene rings is 2. The Morgan fingerprint density at radius 1 is 1.11 bits per heavy atom. The second-order valence-electron chi connectivity index (χ2n) is 7.10. The first-order valence-electron chi connectivity index (χ1n) is 9.10. The van der Waals surface area contributed by atoms with Crippen LogP contribution in [0.25, 0.3) is 0 Å². The average Bonchev–Trinajstić information content (AvgIpc) is 2.60. The Morgan fingerprint density at radius 2 is 1.79 bits per heavy atom. The highest BCUT2D eigenvalue weighted by atomic mass is 32.2. The number of nitrogens with zero attached hydrogens (tertiary/aromatic N) is 1. The molecule has 0 aromatic heterocycles. The van der Waals surface area contributed by atoms with E-state index in [1.165, 1.54) is 0 Å². The lowest BCUT2D eigenvalue weighted by Gasteiger charge is -2.25. The molecule has 2 aromatic carbocycles. The maximum Gasteiger partial charge on any atom is 0.241 e. The molecular weight excluding hydrogens is 376 g/mol. The fourth-order valence-electron chi connectivity index (χ4n) is 2.79. The minimum Gasteiger partial charge on any atom is -0.491 e. The number of amides is 1. The maximum absolute atomic E-state index is 12.5. The van der Waals surface area contributed by atoms with E-state index < -0.39 is 10.0 Å². The Bertz CT molecular complexity index is 941. The zero-order valence-corrected chi connectivity index (χ0v) is 17.8. The number of carbonyl (C=O) groups is 1. The third-order valence-corrected chi connectivity index (χ3v) is 5.44. The summed E-state index contributed by atoms with van der Waals surface area (Å²) in [6.45, 7) is 7.49. The smallest absolute Gasteiger partial charge is 0.241 e. The highest BCUT2D eigenvalue weighted by Gasteiger charge is 2.23. The molecule has 0 bridgehead atoms. The normalized spacial score (nSPS) is 12.3. The van der Waals surface area contributed by atoms with Crippen molar-refractivity contribution in [3.63, 3.8) is 0 Å². The first-order valence-corrected chi connectivity index (χ1v) is 11.0. The number of hydrogen-bond donors (Lipinski definition) is 1. The number of ether oxygens (including phenoxy) is 1. The maximum atomic E-state index is 12.5. The molecule has 7 heteroatoms.